The maximum absolute atomic E-state index is 6.11. The summed E-state index contributed by atoms with van der Waals surface area (Å²) in [6, 6.07) is 6.76. The molecular weight excluding hydrogens is 232 g/mol. The van der Waals surface area contributed by atoms with Crippen molar-refractivity contribution in [3.05, 3.63) is 28.8 Å². The van der Waals surface area contributed by atoms with Gasteiger partial charge in [0, 0.05) is 29.8 Å². The highest BCUT2D eigenvalue weighted by molar-refractivity contribution is 6.30. The fraction of sp³-hybridized carbons (Fsp3) is 0.571. The zero-order valence-electron chi connectivity index (χ0n) is 10.5. The Morgan fingerprint density at radius 2 is 2.18 bits per heavy atom. The molecule has 0 aliphatic heterocycles. The van der Waals surface area contributed by atoms with E-state index >= 15 is 0 Å². The molecule has 1 aliphatic carbocycles. The molecule has 1 saturated carbocycles. The second-order valence-corrected chi connectivity index (χ2v) is 5.19. The molecule has 0 unspecified atom stereocenters. The number of nitrogens with zero attached hydrogens (tertiary/aromatic N) is 1. The van der Waals surface area contributed by atoms with Gasteiger partial charge < -0.3 is 10.6 Å². The van der Waals surface area contributed by atoms with E-state index in [9.17, 15) is 0 Å². The maximum Gasteiger partial charge on any atom is 0.0429 e. The van der Waals surface area contributed by atoms with E-state index in [2.05, 4.69) is 24.0 Å². The Labute approximate surface area is 109 Å². The minimum Gasteiger partial charge on any atom is -0.368 e. The number of unbranched alkanes of at least 4 members (excludes halogenated alkanes) is 1. The van der Waals surface area contributed by atoms with Crippen molar-refractivity contribution in [3.63, 3.8) is 0 Å². The number of benzene rings is 1. The van der Waals surface area contributed by atoms with Crippen molar-refractivity contribution in [2.24, 2.45) is 5.73 Å². The number of hydrogen-bond donors (Lipinski definition) is 1. The van der Waals surface area contributed by atoms with Crippen LogP contribution in [0.2, 0.25) is 5.02 Å². The monoisotopic (exact) mass is 252 g/mol. The Balaban J connectivity index is 2.23. The topological polar surface area (TPSA) is 29.3 Å². The van der Waals surface area contributed by atoms with E-state index in [1.807, 2.05) is 6.07 Å². The molecule has 3 heteroatoms. The van der Waals surface area contributed by atoms with Crippen LogP contribution in [0.15, 0.2) is 18.2 Å². The minimum atomic E-state index is 0.585. The van der Waals surface area contributed by atoms with Crippen LogP contribution in [0.25, 0.3) is 0 Å². The van der Waals surface area contributed by atoms with Gasteiger partial charge in [-0.15, -0.1) is 0 Å². The molecule has 1 aliphatic rings. The van der Waals surface area contributed by atoms with Crippen LogP contribution >= 0.6 is 11.6 Å². The third kappa shape index (κ3) is 3.14. The smallest absolute Gasteiger partial charge is 0.0429 e. The van der Waals surface area contributed by atoms with Gasteiger partial charge in [-0.25, -0.2) is 0 Å². The van der Waals surface area contributed by atoms with Crippen LogP contribution in [0, 0.1) is 0 Å². The summed E-state index contributed by atoms with van der Waals surface area (Å²) in [4.78, 5) is 2.50. The first-order chi connectivity index (χ1) is 8.26. The molecule has 94 valence electrons. The van der Waals surface area contributed by atoms with Gasteiger partial charge in [-0.2, -0.15) is 0 Å². The van der Waals surface area contributed by atoms with Gasteiger partial charge in [-0.05, 0) is 37.0 Å². The number of rotatable bonds is 6. The molecule has 17 heavy (non-hydrogen) atoms. The molecule has 0 aromatic heterocycles. The lowest BCUT2D eigenvalue weighted by Gasteiger charge is -2.27. The van der Waals surface area contributed by atoms with E-state index in [4.69, 9.17) is 17.3 Å². The van der Waals surface area contributed by atoms with Crippen molar-refractivity contribution >= 4 is 17.3 Å². The molecule has 0 saturated heterocycles. The van der Waals surface area contributed by atoms with Gasteiger partial charge in [0.1, 0.15) is 0 Å². The third-order valence-corrected chi connectivity index (χ3v) is 3.55. The molecular formula is C14H21ClN2. The summed E-state index contributed by atoms with van der Waals surface area (Å²) in [6.07, 6.45) is 5.06. The summed E-state index contributed by atoms with van der Waals surface area (Å²) in [5, 5.41) is 0.805. The molecule has 0 atom stereocenters. The van der Waals surface area contributed by atoms with Crippen LogP contribution in [0.3, 0.4) is 0 Å². The Morgan fingerprint density at radius 1 is 1.41 bits per heavy atom. The van der Waals surface area contributed by atoms with Crippen LogP contribution < -0.4 is 10.6 Å². The van der Waals surface area contributed by atoms with E-state index in [0.29, 0.717) is 12.6 Å². The van der Waals surface area contributed by atoms with Gasteiger partial charge in [0.25, 0.3) is 0 Å². The molecule has 1 aromatic rings. The Bertz CT molecular complexity index is 374. The van der Waals surface area contributed by atoms with Gasteiger partial charge >= 0.3 is 0 Å². The Morgan fingerprint density at radius 3 is 2.76 bits per heavy atom. The molecule has 0 amide bonds. The third-order valence-electron chi connectivity index (χ3n) is 3.32. The number of hydrogen-bond acceptors (Lipinski definition) is 2. The predicted octanol–water partition coefficient (Wildman–Crippen LogP) is 3.57. The van der Waals surface area contributed by atoms with E-state index in [0.717, 1.165) is 11.6 Å². The quantitative estimate of drug-likeness (QED) is 0.839. The van der Waals surface area contributed by atoms with Crippen molar-refractivity contribution in [1.29, 1.82) is 0 Å². The fourth-order valence-electron chi connectivity index (χ4n) is 2.19. The van der Waals surface area contributed by atoms with Crippen molar-refractivity contribution in [1.82, 2.24) is 0 Å². The standard InChI is InChI=1S/C14H21ClN2/c1-2-3-8-17(13-6-7-13)14-9-12(15)5-4-11(14)10-16/h4-5,9,13H,2-3,6-8,10,16H2,1H3. The zero-order valence-corrected chi connectivity index (χ0v) is 11.2. The van der Waals surface area contributed by atoms with Crippen molar-refractivity contribution in [2.45, 2.75) is 45.2 Å². The number of halogens is 1. The lowest BCUT2D eigenvalue weighted by molar-refractivity contribution is 0.709. The summed E-state index contributed by atoms with van der Waals surface area (Å²) < 4.78 is 0. The minimum absolute atomic E-state index is 0.585. The van der Waals surface area contributed by atoms with Gasteiger partial charge in [-0.3, -0.25) is 0 Å². The Kier molecular flexibility index (Phi) is 4.30. The predicted molar refractivity (Wildman–Crippen MR) is 74.6 cm³/mol. The highest BCUT2D eigenvalue weighted by Crippen LogP contribution is 2.35. The molecule has 2 N–H and O–H groups in total. The molecule has 0 spiro atoms. The van der Waals surface area contributed by atoms with Gasteiger partial charge in [-0.1, -0.05) is 31.0 Å². The maximum atomic E-state index is 6.11. The largest absolute Gasteiger partial charge is 0.368 e. The highest BCUT2D eigenvalue weighted by atomic mass is 35.5. The molecule has 1 fully saturated rings. The van der Waals surface area contributed by atoms with Gasteiger partial charge in [0.05, 0.1) is 0 Å². The molecule has 2 rings (SSSR count). The van der Waals surface area contributed by atoms with Crippen LogP contribution in [-0.4, -0.2) is 12.6 Å². The number of anilines is 1. The van der Waals surface area contributed by atoms with Crippen LogP contribution in [-0.2, 0) is 6.54 Å². The summed E-state index contributed by atoms with van der Waals surface area (Å²) in [5.41, 5.74) is 8.27. The van der Waals surface area contributed by atoms with Crippen LogP contribution in [0.4, 0.5) is 5.69 Å². The first kappa shape index (κ1) is 12.7. The second-order valence-electron chi connectivity index (χ2n) is 4.76. The SMILES string of the molecule is CCCCN(c1cc(Cl)ccc1CN)C1CC1. The number of nitrogens with two attached hydrogens (primary N) is 1. The summed E-state index contributed by atoms with van der Waals surface area (Å²) in [6.45, 7) is 3.93. The first-order valence-corrected chi connectivity index (χ1v) is 6.89. The Hall–Kier alpha value is -0.730. The fourth-order valence-corrected chi connectivity index (χ4v) is 2.36. The summed E-state index contributed by atoms with van der Waals surface area (Å²) in [5.74, 6) is 0. The normalized spacial score (nSPS) is 15.0. The van der Waals surface area contributed by atoms with Crippen molar-refractivity contribution < 1.29 is 0 Å². The molecule has 2 nitrogen and oxygen atoms in total. The lowest BCUT2D eigenvalue weighted by Crippen LogP contribution is -2.28. The van der Waals surface area contributed by atoms with Crippen LogP contribution in [0.1, 0.15) is 38.2 Å². The highest BCUT2D eigenvalue weighted by Gasteiger charge is 2.29. The van der Waals surface area contributed by atoms with Crippen molar-refractivity contribution in [2.75, 3.05) is 11.4 Å². The summed E-state index contributed by atoms with van der Waals surface area (Å²) in [7, 11) is 0. The average Bonchev–Trinajstić information content (AvgIpc) is 3.14. The van der Waals surface area contributed by atoms with E-state index in [1.165, 1.54) is 36.9 Å². The molecule has 0 radical (unpaired) electrons. The second kappa shape index (κ2) is 5.74. The van der Waals surface area contributed by atoms with E-state index in [-0.39, 0.29) is 0 Å². The van der Waals surface area contributed by atoms with Gasteiger partial charge in [0.2, 0.25) is 0 Å². The first-order valence-electron chi connectivity index (χ1n) is 6.51. The molecule has 1 aromatic carbocycles. The van der Waals surface area contributed by atoms with Gasteiger partial charge in [0.15, 0.2) is 0 Å². The average molecular weight is 253 g/mol. The van der Waals surface area contributed by atoms with Crippen LogP contribution in [0.5, 0.6) is 0 Å². The zero-order chi connectivity index (χ0) is 12.3. The molecule has 0 heterocycles. The molecule has 0 bridgehead atoms. The van der Waals surface area contributed by atoms with E-state index in [1.54, 1.807) is 0 Å². The van der Waals surface area contributed by atoms with Crippen molar-refractivity contribution in [3.8, 4) is 0 Å². The lowest BCUT2D eigenvalue weighted by atomic mass is 10.1. The van der Waals surface area contributed by atoms with E-state index < -0.39 is 0 Å². The summed E-state index contributed by atoms with van der Waals surface area (Å²) >= 11 is 6.11.